The largest absolute Gasteiger partial charge is 0.393 e. The molecule has 0 bridgehead atoms. The molecule has 2 aromatic rings. The summed E-state index contributed by atoms with van der Waals surface area (Å²) in [4.78, 5) is 22.2. The summed E-state index contributed by atoms with van der Waals surface area (Å²) in [5.74, 6) is 0.0609. The Kier molecular flexibility index (Phi) is 4.64. The molecule has 0 aromatic carbocycles. The molecule has 3 heterocycles. The highest BCUT2D eigenvalue weighted by Crippen LogP contribution is 2.36. The van der Waals surface area contributed by atoms with Crippen molar-refractivity contribution in [1.29, 1.82) is 0 Å². The third kappa shape index (κ3) is 3.95. The molecule has 2 fully saturated rings. The number of sulfonamides is 1. The van der Waals surface area contributed by atoms with Crippen LogP contribution in [-0.4, -0.2) is 63.9 Å². The summed E-state index contributed by atoms with van der Waals surface area (Å²) in [5.41, 5.74) is -0.592. The minimum atomic E-state index is -3.23. The highest BCUT2D eigenvalue weighted by Gasteiger charge is 2.34. The van der Waals surface area contributed by atoms with Crippen LogP contribution in [0.15, 0.2) is 17.1 Å². The molecular formula is C20H29N5O4S. The van der Waals surface area contributed by atoms with Gasteiger partial charge < -0.3 is 10.4 Å². The molecule has 164 valence electrons. The molecule has 1 aliphatic carbocycles. The first-order valence-corrected chi connectivity index (χ1v) is 12.0. The monoisotopic (exact) mass is 438 g/mol. The van der Waals surface area contributed by atoms with Crippen molar-refractivity contribution in [2.45, 2.75) is 57.6 Å². The van der Waals surface area contributed by atoms with Gasteiger partial charge in [-0.15, -0.1) is 0 Å². The third-order valence-electron chi connectivity index (χ3n) is 6.33. The molecule has 0 radical (unpaired) electrons. The molecular weight excluding hydrogens is 406 g/mol. The van der Waals surface area contributed by atoms with Crippen LogP contribution in [0.4, 0.5) is 5.95 Å². The van der Waals surface area contributed by atoms with Crippen LogP contribution >= 0.6 is 0 Å². The standard InChI is InChI=1S/C20H29N5O4S/c1-12-10-14-11-21-20(22-15-6-8-24(9-7-15)30(3,28)29)23-18(14)25(19(12)27)16-4-5-17(26)13(16)2/h10-11,13,15-17,26H,4-9H2,1-3H3,(H,21,22,23)/t13-,16+,17+/m0/s1/i1D3. The highest BCUT2D eigenvalue weighted by atomic mass is 32.2. The number of aliphatic hydroxyl groups excluding tert-OH is 1. The highest BCUT2D eigenvalue weighted by molar-refractivity contribution is 7.88. The van der Waals surface area contributed by atoms with Crippen LogP contribution in [0.2, 0.25) is 0 Å². The zero-order valence-corrected chi connectivity index (χ0v) is 17.9. The summed E-state index contributed by atoms with van der Waals surface area (Å²) >= 11 is 0. The number of rotatable bonds is 4. The zero-order chi connectivity index (χ0) is 24.1. The van der Waals surface area contributed by atoms with Gasteiger partial charge in [-0.25, -0.2) is 17.7 Å². The average molecular weight is 439 g/mol. The van der Waals surface area contributed by atoms with E-state index in [1.165, 1.54) is 27.4 Å². The number of hydrogen-bond donors (Lipinski definition) is 2. The Labute approximate surface area is 180 Å². The van der Waals surface area contributed by atoms with Gasteiger partial charge in [0.05, 0.1) is 12.4 Å². The van der Waals surface area contributed by atoms with E-state index >= 15 is 0 Å². The quantitative estimate of drug-likeness (QED) is 0.738. The molecule has 4 rings (SSSR count). The molecule has 1 saturated heterocycles. The van der Waals surface area contributed by atoms with Crippen LogP contribution < -0.4 is 10.9 Å². The molecule has 0 spiro atoms. The maximum Gasteiger partial charge on any atom is 0.255 e. The first-order chi connectivity index (χ1) is 15.4. The van der Waals surface area contributed by atoms with E-state index in [1.54, 1.807) is 0 Å². The number of aliphatic hydroxyl groups is 1. The second-order valence-electron chi connectivity index (χ2n) is 8.36. The molecule has 2 N–H and O–H groups in total. The number of nitrogens with zero attached hydrogens (tertiary/aromatic N) is 4. The lowest BCUT2D eigenvalue weighted by Gasteiger charge is -2.30. The summed E-state index contributed by atoms with van der Waals surface area (Å²) in [6, 6.07) is 0.915. The molecule has 1 aliphatic heterocycles. The van der Waals surface area contributed by atoms with Crippen molar-refractivity contribution in [3.8, 4) is 0 Å². The number of aryl methyl sites for hydroxylation is 1. The van der Waals surface area contributed by atoms with Crippen molar-refractivity contribution in [2.75, 3.05) is 24.7 Å². The first kappa shape index (κ1) is 17.6. The van der Waals surface area contributed by atoms with Gasteiger partial charge >= 0.3 is 0 Å². The third-order valence-corrected chi connectivity index (χ3v) is 7.64. The average Bonchev–Trinajstić information content (AvgIpc) is 3.05. The van der Waals surface area contributed by atoms with E-state index in [1.807, 2.05) is 6.92 Å². The minimum Gasteiger partial charge on any atom is -0.393 e. The van der Waals surface area contributed by atoms with E-state index in [9.17, 15) is 18.3 Å². The second kappa shape index (κ2) is 7.90. The summed E-state index contributed by atoms with van der Waals surface area (Å²) in [6.07, 6.45) is 4.35. The van der Waals surface area contributed by atoms with Crippen LogP contribution in [0.25, 0.3) is 11.0 Å². The maximum absolute atomic E-state index is 13.3. The van der Waals surface area contributed by atoms with Crippen LogP contribution in [0, 0.1) is 12.8 Å². The summed E-state index contributed by atoms with van der Waals surface area (Å²) < 4.78 is 49.7. The summed E-state index contributed by atoms with van der Waals surface area (Å²) in [5, 5.41) is 13.9. The van der Waals surface area contributed by atoms with E-state index < -0.39 is 28.5 Å². The van der Waals surface area contributed by atoms with Crippen molar-refractivity contribution in [3.05, 3.63) is 28.2 Å². The molecule has 0 amide bonds. The normalized spacial score (nSPS) is 28.2. The van der Waals surface area contributed by atoms with Crippen molar-refractivity contribution in [3.63, 3.8) is 0 Å². The number of nitrogens with one attached hydrogen (secondary N) is 1. The molecule has 30 heavy (non-hydrogen) atoms. The van der Waals surface area contributed by atoms with Gasteiger partial charge in [0.1, 0.15) is 5.65 Å². The number of aromatic nitrogens is 3. The molecule has 10 heteroatoms. The fourth-order valence-corrected chi connectivity index (χ4v) is 5.37. The van der Waals surface area contributed by atoms with Gasteiger partial charge in [-0.1, -0.05) is 6.92 Å². The second-order valence-corrected chi connectivity index (χ2v) is 10.3. The van der Waals surface area contributed by atoms with Gasteiger partial charge in [-0.3, -0.25) is 9.36 Å². The lowest BCUT2D eigenvalue weighted by atomic mass is 10.0. The predicted octanol–water partition coefficient (Wildman–Crippen LogP) is 1.27. The molecule has 0 unspecified atom stereocenters. The van der Waals surface area contributed by atoms with Crippen molar-refractivity contribution in [2.24, 2.45) is 5.92 Å². The Morgan fingerprint density at radius 2 is 2.00 bits per heavy atom. The van der Waals surface area contributed by atoms with E-state index in [0.717, 1.165) is 0 Å². The number of piperidine rings is 1. The van der Waals surface area contributed by atoms with Gasteiger partial charge in [0.15, 0.2) is 0 Å². The van der Waals surface area contributed by atoms with Crippen LogP contribution in [0.1, 0.15) is 48.3 Å². The smallest absolute Gasteiger partial charge is 0.255 e. The van der Waals surface area contributed by atoms with Crippen molar-refractivity contribution < 1.29 is 17.6 Å². The van der Waals surface area contributed by atoms with Gasteiger partial charge in [0.2, 0.25) is 16.0 Å². The Hall–Kier alpha value is -2.04. The fourth-order valence-electron chi connectivity index (χ4n) is 4.50. The fraction of sp³-hybridized carbons (Fsp3) is 0.650. The minimum absolute atomic E-state index is 0.0329. The van der Waals surface area contributed by atoms with E-state index in [2.05, 4.69) is 15.3 Å². The van der Waals surface area contributed by atoms with Gasteiger partial charge in [-0.05, 0) is 38.6 Å². The zero-order valence-electron chi connectivity index (χ0n) is 20.1. The lowest BCUT2D eigenvalue weighted by Crippen LogP contribution is -2.42. The van der Waals surface area contributed by atoms with Crippen molar-refractivity contribution >= 4 is 27.0 Å². The van der Waals surface area contributed by atoms with Gasteiger partial charge in [0, 0.05) is 52.3 Å². The van der Waals surface area contributed by atoms with E-state index in [0.29, 0.717) is 55.8 Å². The number of anilines is 1. The molecule has 9 nitrogen and oxygen atoms in total. The topological polar surface area (TPSA) is 117 Å². The van der Waals surface area contributed by atoms with E-state index in [4.69, 9.17) is 4.11 Å². The van der Waals surface area contributed by atoms with E-state index in [-0.39, 0.29) is 23.6 Å². The van der Waals surface area contributed by atoms with Crippen LogP contribution in [0.3, 0.4) is 0 Å². The number of pyridine rings is 1. The Morgan fingerprint density at radius 1 is 1.27 bits per heavy atom. The van der Waals surface area contributed by atoms with Crippen molar-refractivity contribution in [1.82, 2.24) is 18.8 Å². The Balaban J connectivity index is 1.71. The van der Waals surface area contributed by atoms with Crippen LogP contribution in [-0.2, 0) is 10.0 Å². The molecule has 3 atom stereocenters. The van der Waals surface area contributed by atoms with Gasteiger partial charge in [-0.2, -0.15) is 4.98 Å². The SMILES string of the molecule is [2H]C([2H])([2H])c1cc2cnc(NC3CCN(S(C)(=O)=O)CC3)nc2n([C@@H]2CC[C@@H](O)[C@H]2C)c1=O. The summed E-state index contributed by atoms with van der Waals surface area (Å²) in [6.45, 7) is 0.0545. The van der Waals surface area contributed by atoms with Crippen LogP contribution in [0.5, 0.6) is 0 Å². The Bertz CT molecular complexity index is 1210. The number of fused-ring (bicyclic) bond motifs is 1. The Morgan fingerprint density at radius 3 is 2.60 bits per heavy atom. The van der Waals surface area contributed by atoms with Gasteiger partial charge in [0.25, 0.3) is 5.56 Å². The number of hydrogen-bond acceptors (Lipinski definition) is 7. The summed E-state index contributed by atoms with van der Waals surface area (Å²) in [7, 11) is -3.23. The molecule has 1 saturated carbocycles. The predicted molar refractivity (Wildman–Crippen MR) is 115 cm³/mol. The molecule has 2 aliphatic rings. The molecule has 2 aromatic heterocycles. The maximum atomic E-state index is 13.3. The first-order valence-electron chi connectivity index (χ1n) is 11.7. The lowest BCUT2D eigenvalue weighted by molar-refractivity contribution is 0.129.